The van der Waals surface area contributed by atoms with Crippen LogP contribution in [0.3, 0.4) is 0 Å². The summed E-state index contributed by atoms with van der Waals surface area (Å²) in [4.78, 5) is 11.7. The molecule has 1 N–H and O–H groups in total. The van der Waals surface area contributed by atoms with Gasteiger partial charge < -0.3 is 14.6 Å². The third-order valence-corrected chi connectivity index (χ3v) is 4.65. The maximum atomic E-state index is 11.7. The van der Waals surface area contributed by atoms with Gasteiger partial charge in [0.15, 0.2) is 0 Å². The molecule has 4 nitrogen and oxygen atoms in total. The van der Waals surface area contributed by atoms with E-state index in [1.54, 1.807) is 0 Å². The Labute approximate surface area is 113 Å². The Kier molecular flexibility index (Phi) is 3.02. The smallest absolute Gasteiger partial charge is 0.334 e. The Morgan fingerprint density at radius 2 is 2.32 bits per heavy atom. The molecule has 0 radical (unpaired) electrons. The van der Waals surface area contributed by atoms with Crippen LogP contribution in [0.2, 0.25) is 0 Å². The number of esters is 1. The Morgan fingerprint density at radius 3 is 3.05 bits per heavy atom. The van der Waals surface area contributed by atoms with Crippen LogP contribution in [0.5, 0.6) is 0 Å². The minimum Gasteiger partial charge on any atom is -0.454 e. The van der Waals surface area contributed by atoms with Crippen LogP contribution in [-0.2, 0) is 14.3 Å². The summed E-state index contributed by atoms with van der Waals surface area (Å²) in [5.41, 5.74) is 1.38. The Balaban J connectivity index is 1.84. The van der Waals surface area contributed by atoms with Crippen molar-refractivity contribution >= 4 is 5.97 Å². The van der Waals surface area contributed by atoms with E-state index < -0.39 is 0 Å². The van der Waals surface area contributed by atoms with Crippen molar-refractivity contribution in [2.75, 3.05) is 6.61 Å². The summed E-state index contributed by atoms with van der Waals surface area (Å²) < 4.78 is 11.1. The molecule has 2 fully saturated rings. The highest BCUT2D eigenvalue weighted by molar-refractivity contribution is 5.91. The molecule has 2 heterocycles. The minimum atomic E-state index is -0.381. The Morgan fingerprint density at radius 1 is 1.53 bits per heavy atom. The second-order valence-corrected chi connectivity index (χ2v) is 5.92. The molecular weight excluding hydrogens is 244 g/mol. The number of aliphatic hydroxyl groups is 1. The van der Waals surface area contributed by atoms with Gasteiger partial charge in [-0.3, -0.25) is 0 Å². The number of carbonyl (C=O) groups is 1. The first-order valence-electron chi connectivity index (χ1n) is 6.91. The monoisotopic (exact) mass is 264 g/mol. The summed E-state index contributed by atoms with van der Waals surface area (Å²) in [5, 5.41) is 9.53. The molecule has 0 aromatic heterocycles. The standard InChI is InChI=1S/C15H20O4/c1-9-3-4-13-15(8-16,19-13)6-5-11-10(2)14(17)18-12(11)7-9/h7,11-13,16H,2-6,8H2,1H3/b9-7-/t11-,12-,13+,15+/m0/s1. The van der Waals surface area contributed by atoms with Gasteiger partial charge in [-0.25, -0.2) is 4.79 Å². The lowest BCUT2D eigenvalue weighted by Gasteiger charge is -2.19. The number of carbonyl (C=O) groups excluding carboxylic acids is 1. The largest absolute Gasteiger partial charge is 0.454 e. The van der Waals surface area contributed by atoms with Crippen LogP contribution in [0.4, 0.5) is 0 Å². The van der Waals surface area contributed by atoms with Crippen molar-refractivity contribution in [3.05, 3.63) is 23.8 Å². The molecule has 0 spiro atoms. The first kappa shape index (κ1) is 12.9. The van der Waals surface area contributed by atoms with Crippen molar-refractivity contribution in [1.29, 1.82) is 0 Å². The molecule has 0 bridgehead atoms. The summed E-state index contributed by atoms with van der Waals surface area (Å²) in [6.07, 6.45) is 5.40. The molecule has 4 heteroatoms. The van der Waals surface area contributed by atoms with Gasteiger partial charge in [0.1, 0.15) is 11.7 Å². The molecule has 3 rings (SSSR count). The van der Waals surface area contributed by atoms with Crippen LogP contribution in [0.1, 0.15) is 32.6 Å². The van der Waals surface area contributed by atoms with Crippen molar-refractivity contribution in [3.63, 3.8) is 0 Å². The van der Waals surface area contributed by atoms with E-state index >= 15 is 0 Å². The Hall–Kier alpha value is -1.13. The molecule has 0 aromatic carbocycles. The zero-order chi connectivity index (χ0) is 13.6. The molecule has 1 aliphatic carbocycles. The second-order valence-electron chi connectivity index (χ2n) is 5.92. The molecule has 4 atom stereocenters. The zero-order valence-electron chi connectivity index (χ0n) is 11.2. The first-order valence-corrected chi connectivity index (χ1v) is 6.91. The third kappa shape index (κ3) is 2.13. The molecule has 0 saturated carbocycles. The van der Waals surface area contributed by atoms with Crippen molar-refractivity contribution in [2.24, 2.45) is 5.92 Å². The normalized spacial score (nSPS) is 44.7. The maximum absolute atomic E-state index is 11.7. The predicted molar refractivity (Wildman–Crippen MR) is 69.4 cm³/mol. The van der Waals surface area contributed by atoms with E-state index in [1.165, 1.54) is 5.57 Å². The van der Waals surface area contributed by atoms with Crippen molar-refractivity contribution < 1.29 is 19.4 Å². The number of allylic oxidation sites excluding steroid dienone is 1. The molecule has 2 aliphatic heterocycles. The average molecular weight is 264 g/mol. The van der Waals surface area contributed by atoms with E-state index in [2.05, 4.69) is 19.6 Å². The number of aliphatic hydroxyl groups excluding tert-OH is 1. The SMILES string of the molecule is C=C1C(=O)O[C@H]2/C=C(/C)CC[C@H]3O[C@@]3(CO)CC[C@@H]12. The average Bonchev–Trinajstić information content (AvgIpc) is 3.03. The second kappa shape index (κ2) is 4.46. The molecule has 104 valence electrons. The summed E-state index contributed by atoms with van der Waals surface area (Å²) in [6.45, 7) is 5.96. The van der Waals surface area contributed by atoms with Gasteiger partial charge in [0.2, 0.25) is 0 Å². The summed E-state index contributed by atoms with van der Waals surface area (Å²) >= 11 is 0. The fraction of sp³-hybridized carbons (Fsp3) is 0.667. The van der Waals surface area contributed by atoms with E-state index in [9.17, 15) is 9.90 Å². The highest BCUT2D eigenvalue weighted by Gasteiger charge is 2.56. The lowest BCUT2D eigenvalue weighted by Crippen LogP contribution is -2.25. The number of hydrogen-bond donors (Lipinski definition) is 1. The zero-order valence-corrected chi connectivity index (χ0v) is 11.2. The maximum Gasteiger partial charge on any atom is 0.334 e. The summed E-state index contributed by atoms with van der Waals surface area (Å²) in [6, 6.07) is 0. The number of epoxide rings is 1. The van der Waals surface area contributed by atoms with Gasteiger partial charge in [-0.2, -0.15) is 0 Å². The van der Waals surface area contributed by atoms with E-state index in [1.807, 2.05) is 0 Å². The first-order chi connectivity index (χ1) is 9.05. The number of rotatable bonds is 1. The predicted octanol–water partition coefficient (Wildman–Crippen LogP) is 1.73. The molecule has 0 unspecified atom stereocenters. The van der Waals surface area contributed by atoms with E-state index in [-0.39, 0.29) is 36.3 Å². The molecule has 3 aliphatic rings. The van der Waals surface area contributed by atoms with Crippen LogP contribution in [0.25, 0.3) is 0 Å². The van der Waals surface area contributed by atoms with Crippen LogP contribution in [0, 0.1) is 5.92 Å². The van der Waals surface area contributed by atoms with Crippen LogP contribution < -0.4 is 0 Å². The van der Waals surface area contributed by atoms with Gasteiger partial charge in [0.05, 0.1) is 12.7 Å². The molecule has 2 saturated heterocycles. The minimum absolute atomic E-state index is 0.0221. The fourth-order valence-electron chi connectivity index (χ4n) is 3.25. The van der Waals surface area contributed by atoms with Crippen LogP contribution in [0.15, 0.2) is 23.8 Å². The van der Waals surface area contributed by atoms with E-state index in [4.69, 9.17) is 9.47 Å². The van der Waals surface area contributed by atoms with Gasteiger partial charge in [0.25, 0.3) is 0 Å². The van der Waals surface area contributed by atoms with Gasteiger partial charge in [-0.1, -0.05) is 12.2 Å². The molecule has 0 aromatic rings. The number of fused-ring (bicyclic) bond motifs is 2. The Bertz CT molecular complexity index is 453. The van der Waals surface area contributed by atoms with Crippen molar-refractivity contribution in [2.45, 2.75) is 50.4 Å². The highest BCUT2D eigenvalue weighted by Crippen LogP contribution is 2.46. The lowest BCUT2D eigenvalue weighted by molar-refractivity contribution is -0.137. The van der Waals surface area contributed by atoms with Crippen molar-refractivity contribution in [3.8, 4) is 0 Å². The topological polar surface area (TPSA) is 59.1 Å². The number of hydrogen-bond acceptors (Lipinski definition) is 4. The van der Waals surface area contributed by atoms with Crippen molar-refractivity contribution in [1.82, 2.24) is 0 Å². The van der Waals surface area contributed by atoms with Crippen LogP contribution >= 0.6 is 0 Å². The lowest BCUT2D eigenvalue weighted by atomic mass is 9.84. The van der Waals surface area contributed by atoms with Gasteiger partial charge in [-0.05, 0) is 38.7 Å². The van der Waals surface area contributed by atoms with Crippen LogP contribution in [-0.4, -0.2) is 35.5 Å². The third-order valence-electron chi connectivity index (χ3n) is 4.65. The highest BCUT2D eigenvalue weighted by atomic mass is 16.6. The fourth-order valence-corrected chi connectivity index (χ4v) is 3.25. The van der Waals surface area contributed by atoms with E-state index in [0.29, 0.717) is 5.57 Å². The summed E-state index contributed by atoms with van der Waals surface area (Å²) in [7, 11) is 0. The van der Waals surface area contributed by atoms with Gasteiger partial charge in [-0.15, -0.1) is 0 Å². The molecule has 0 amide bonds. The molecule has 19 heavy (non-hydrogen) atoms. The van der Waals surface area contributed by atoms with E-state index in [0.717, 1.165) is 25.7 Å². The molecular formula is C15H20O4. The van der Waals surface area contributed by atoms with Gasteiger partial charge >= 0.3 is 5.97 Å². The van der Waals surface area contributed by atoms with Gasteiger partial charge in [0, 0.05) is 11.5 Å². The quantitative estimate of drug-likeness (QED) is 0.339. The number of ether oxygens (including phenoxy) is 2. The summed E-state index contributed by atoms with van der Waals surface area (Å²) in [5.74, 6) is -0.265.